The second kappa shape index (κ2) is 4.23. The number of rotatable bonds is 2. The lowest BCUT2D eigenvalue weighted by molar-refractivity contribution is 0.0644. The summed E-state index contributed by atoms with van der Waals surface area (Å²) < 4.78 is 6.29. The van der Waals surface area contributed by atoms with Gasteiger partial charge in [0.15, 0.2) is 5.78 Å². The zero-order valence-corrected chi connectivity index (χ0v) is 10.7. The number of fused-ring (bicyclic) bond motifs is 1. The molecule has 1 aliphatic rings. The molecule has 1 atom stereocenters. The quantitative estimate of drug-likeness (QED) is 0.867. The summed E-state index contributed by atoms with van der Waals surface area (Å²) in [5.74, 6) is 0.0497. The summed E-state index contributed by atoms with van der Waals surface area (Å²) in [5.41, 5.74) is 1.40. The predicted molar refractivity (Wildman–Crippen MR) is 67.1 cm³/mol. The smallest absolute Gasteiger partial charge is 0.193 e. The Morgan fingerprint density at radius 3 is 3.24 bits per heavy atom. The molecule has 0 saturated carbocycles. The van der Waals surface area contributed by atoms with Gasteiger partial charge in [-0.3, -0.25) is 4.79 Å². The fourth-order valence-electron chi connectivity index (χ4n) is 2.14. The predicted octanol–water partition coefficient (Wildman–Crippen LogP) is 2.69. The molecular weight excluding hydrogens is 284 g/mol. The number of hydrogen-bond donors (Lipinski definition) is 1. The van der Waals surface area contributed by atoms with Crippen molar-refractivity contribution in [2.75, 3.05) is 6.61 Å². The van der Waals surface area contributed by atoms with E-state index in [0.717, 1.165) is 28.3 Å². The minimum Gasteiger partial charge on any atom is -0.370 e. The average Bonchev–Trinajstić information content (AvgIpc) is 2.97. The van der Waals surface area contributed by atoms with E-state index in [1.807, 2.05) is 6.07 Å². The first-order valence-corrected chi connectivity index (χ1v) is 6.33. The Morgan fingerprint density at radius 2 is 2.47 bits per heavy atom. The van der Waals surface area contributed by atoms with Crippen molar-refractivity contribution in [3.05, 3.63) is 28.5 Å². The molecule has 1 fully saturated rings. The molecule has 2 aromatic rings. The topological polar surface area (TPSA) is 55.0 Å². The number of nitrogens with one attached hydrogen (secondary N) is 1. The third kappa shape index (κ3) is 1.89. The fourth-order valence-corrected chi connectivity index (χ4v) is 2.47. The van der Waals surface area contributed by atoms with Crippen LogP contribution in [-0.4, -0.2) is 28.5 Å². The number of H-pyrrole nitrogens is 1. The Morgan fingerprint density at radius 1 is 1.59 bits per heavy atom. The van der Waals surface area contributed by atoms with Crippen molar-refractivity contribution in [3.8, 4) is 0 Å². The van der Waals surface area contributed by atoms with Crippen molar-refractivity contribution in [2.45, 2.75) is 18.9 Å². The number of nitrogens with zero attached hydrogens (tertiary/aromatic N) is 1. The number of halogens is 1. The maximum absolute atomic E-state index is 12.2. The molecule has 1 unspecified atom stereocenters. The third-order valence-corrected chi connectivity index (χ3v) is 3.42. The maximum atomic E-state index is 12.2. The minimum atomic E-state index is -0.284. The molecule has 3 rings (SSSR count). The number of aromatic nitrogens is 2. The summed E-state index contributed by atoms with van der Waals surface area (Å²) in [6, 6.07) is 1.90. The van der Waals surface area contributed by atoms with Gasteiger partial charge in [-0.05, 0) is 34.8 Å². The van der Waals surface area contributed by atoms with Gasteiger partial charge < -0.3 is 9.72 Å². The molecular formula is C12H11BrN2O2. The van der Waals surface area contributed by atoms with E-state index in [1.165, 1.54) is 0 Å². The highest BCUT2D eigenvalue weighted by Crippen LogP contribution is 2.24. The van der Waals surface area contributed by atoms with Crippen LogP contribution >= 0.6 is 15.9 Å². The molecule has 0 aliphatic carbocycles. The summed E-state index contributed by atoms with van der Waals surface area (Å²) >= 11 is 3.36. The van der Waals surface area contributed by atoms with Gasteiger partial charge in [0.1, 0.15) is 11.8 Å². The van der Waals surface area contributed by atoms with E-state index in [-0.39, 0.29) is 11.9 Å². The number of pyridine rings is 1. The molecule has 1 N–H and O–H groups in total. The number of ether oxygens (including phenoxy) is 1. The lowest BCUT2D eigenvalue weighted by Crippen LogP contribution is -2.19. The van der Waals surface area contributed by atoms with Crippen molar-refractivity contribution >= 4 is 32.7 Å². The zero-order chi connectivity index (χ0) is 11.8. The van der Waals surface area contributed by atoms with Gasteiger partial charge in [0.2, 0.25) is 0 Å². The van der Waals surface area contributed by atoms with E-state index in [2.05, 4.69) is 25.9 Å². The van der Waals surface area contributed by atoms with Crippen molar-refractivity contribution < 1.29 is 9.53 Å². The second-order valence-corrected chi connectivity index (χ2v) is 5.03. The van der Waals surface area contributed by atoms with Gasteiger partial charge in [0, 0.05) is 34.4 Å². The molecule has 1 aliphatic heterocycles. The first-order valence-electron chi connectivity index (χ1n) is 5.54. The van der Waals surface area contributed by atoms with Crippen molar-refractivity contribution in [1.29, 1.82) is 0 Å². The van der Waals surface area contributed by atoms with Gasteiger partial charge >= 0.3 is 0 Å². The average molecular weight is 295 g/mol. The Labute approximate surface area is 107 Å². The lowest BCUT2D eigenvalue weighted by atomic mass is 10.0. The monoisotopic (exact) mass is 294 g/mol. The van der Waals surface area contributed by atoms with E-state index in [0.29, 0.717) is 12.2 Å². The first kappa shape index (κ1) is 10.9. The van der Waals surface area contributed by atoms with Gasteiger partial charge in [-0.25, -0.2) is 4.98 Å². The van der Waals surface area contributed by atoms with Crippen LogP contribution in [0.3, 0.4) is 0 Å². The van der Waals surface area contributed by atoms with Crippen molar-refractivity contribution in [3.63, 3.8) is 0 Å². The van der Waals surface area contributed by atoms with Crippen molar-refractivity contribution in [2.24, 2.45) is 0 Å². The lowest BCUT2D eigenvalue weighted by Gasteiger charge is -2.06. The molecule has 3 heterocycles. The van der Waals surface area contributed by atoms with E-state index in [4.69, 9.17) is 4.74 Å². The Balaban J connectivity index is 2.04. The van der Waals surface area contributed by atoms with Crippen LogP contribution in [0.15, 0.2) is 22.9 Å². The maximum Gasteiger partial charge on any atom is 0.193 e. The molecule has 2 aromatic heterocycles. The highest BCUT2D eigenvalue weighted by molar-refractivity contribution is 9.10. The molecule has 5 heteroatoms. The molecule has 0 amide bonds. The van der Waals surface area contributed by atoms with Gasteiger partial charge in [0.05, 0.1) is 0 Å². The Hall–Kier alpha value is -1.20. The van der Waals surface area contributed by atoms with E-state index >= 15 is 0 Å². The number of aromatic amines is 1. The van der Waals surface area contributed by atoms with Crippen LogP contribution in [-0.2, 0) is 4.74 Å². The summed E-state index contributed by atoms with van der Waals surface area (Å²) in [7, 11) is 0. The summed E-state index contributed by atoms with van der Waals surface area (Å²) in [5, 5.41) is 0.847. The normalized spacial score (nSPS) is 19.9. The van der Waals surface area contributed by atoms with Crippen molar-refractivity contribution in [1.82, 2.24) is 9.97 Å². The molecule has 4 nitrogen and oxygen atoms in total. The minimum absolute atomic E-state index is 0.0497. The van der Waals surface area contributed by atoms with Gasteiger partial charge in [-0.1, -0.05) is 0 Å². The molecule has 88 valence electrons. The standard InChI is InChI=1S/C12H11BrN2O2/c13-7-4-8-9(6-15-12(8)14-5-7)11(16)10-2-1-3-17-10/h4-6,10H,1-3H2,(H,14,15). The molecule has 1 saturated heterocycles. The number of ketones is 1. The molecule has 0 aromatic carbocycles. The highest BCUT2D eigenvalue weighted by Gasteiger charge is 2.26. The van der Waals surface area contributed by atoms with E-state index in [1.54, 1.807) is 12.4 Å². The molecule has 17 heavy (non-hydrogen) atoms. The molecule has 0 radical (unpaired) electrons. The summed E-state index contributed by atoms with van der Waals surface area (Å²) in [6.07, 6.45) is 4.91. The highest BCUT2D eigenvalue weighted by atomic mass is 79.9. The number of carbonyl (C=O) groups is 1. The Bertz CT molecular complexity index is 573. The summed E-state index contributed by atoms with van der Waals surface area (Å²) in [6.45, 7) is 0.681. The number of hydrogen-bond acceptors (Lipinski definition) is 3. The van der Waals surface area contributed by atoms with Gasteiger partial charge in [-0.15, -0.1) is 0 Å². The Kier molecular flexibility index (Phi) is 2.72. The van der Waals surface area contributed by atoms with Crippen LogP contribution in [0.1, 0.15) is 23.2 Å². The second-order valence-electron chi connectivity index (χ2n) is 4.12. The third-order valence-electron chi connectivity index (χ3n) is 2.99. The summed E-state index contributed by atoms with van der Waals surface area (Å²) in [4.78, 5) is 19.5. The first-order chi connectivity index (χ1) is 8.25. The van der Waals surface area contributed by atoms with Crippen LogP contribution in [0.5, 0.6) is 0 Å². The van der Waals surface area contributed by atoms with Crippen LogP contribution in [0.25, 0.3) is 11.0 Å². The SMILES string of the molecule is O=C(c1c[nH]c2ncc(Br)cc12)C1CCCO1. The van der Waals surface area contributed by atoms with Crippen LogP contribution < -0.4 is 0 Å². The molecule has 0 bridgehead atoms. The van der Waals surface area contributed by atoms with E-state index < -0.39 is 0 Å². The van der Waals surface area contributed by atoms with Crippen LogP contribution in [0, 0.1) is 0 Å². The number of carbonyl (C=O) groups excluding carboxylic acids is 1. The van der Waals surface area contributed by atoms with E-state index in [9.17, 15) is 4.79 Å². The largest absolute Gasteiger partial charge is 0.370 e. The van der Waals surface area contributed by atoms with Gasteiger partial charge in [-0.2, -0.15) is 0 Å². The fraction of sp³-hybridized carbons (Fsp3) is 0.333. The van der Waals surface area contributed by atoms with Crippen LogP contribution in [0.4, 0.5) is 0 Å². The van der Waals surface area contributed by atoms with Crippen LogP contribution in [0.2, 0.25) is 0 Å². The number of Topliss-reactive ketones (excluding diaryl/α,β-unsaturated/α-hetero) is 1. The zero-order valence-electron chi connectivity index (χ0n) is 9.07. The van der Waals surface area contributed by atoms with Gasteiger partial charge in [0.25, 0.3) is 0 Å². The molecule has 0 spiro atoms.